The summed E-state index contributed by atoms with van der Waals surface area (Å²) in [6, 6.07) is 14.6. The molecule has 0 spiro atoms. The molecule has 0 radical (unpaired) electrons. The molecule has 0 bridgehead atoms. The molecule has 0 unspecified atom stereocenters. The van der Waals surface area contributed by atoms with Crippen LogP contribution in [0.2, 0.25) is 0 Å². The molecule has 2 aromatic rings. The molecule has 24 heavy (non-hydrogen) atoms. The molecule has 0 aliphatic rings. The van der Waals surface area contributed by atoms with E-state index in [4.69, 9.17) is 0 Å². The van der Waals surface area contributed by atoms with Gasteiger partial charge in [-0.25, -0.2) is 13.1 Å². The predicted octanol–water partition coefficient (Wildman–Crippen LogP) is 2.85. The van der Waals surface area contributed by atoms with Crippen LogP contribution in [0.4, 0.5) is 0 Å². The lowest BCUT2D eigenvalue weighted by Gasteiger charge is -2.09. The zero-order valence-corrected chi connectivity index (χ0v) is 16.6. The molecule has 0 heterocycles. The Labute approximate surface area is 158 Å². The zero-order chi connectivity index (χ0) is 17.6. The van der Waals surface area contributed by atoms with Crippen LogP contribution in [0.3, 0.4) is 0 Å². The number of sulfonamides is 1. The summed E-state index contributed by atoms with van der Waals surface area (Å²) in [6.07, 6.45) is 0.691. The van der Waals surface area contributed by atoms with Crippen molar-refractivity contribution < 1.29 is 13.2 Å². The van der Waals surface area contributed by atoms with E-state index in [0.717, 1.165) is 5.56 Å². The number of hydrogen-bond donors (Lipinski definition) is 2. The van der Waals surface area contributed by atoms with Crippen LogP contribution in [0.5, 0.6) is 0 Å². The average Bonchev–Trinajstić information content (AvgIpc) is 2.56. The molecule has 2 rings (SSSR count). The number of carbonyl (C=O) groups is 1. The van der Waals surface area contributed by atoms with Gasteiger partial charge in [-0.15, -0.1) is 0 Å². The van der Waals surface area contributed by atoms with Crippen LogP contribution in [0.25, 0.3) is 0 Å². The summed E-state index contributed by atoms with van der Waals surface area (Å²) in [7, 11) is -3.77. The van der Waals surface area contributed by atoms with Crippen molar-refractivity contribution in [2.24, 2.45) is 0 Å². The Balaban J connectivity index is 1.85. The van der Waals surface area contributed by atoms with Crippen LogP contribution >= 0.6 is 31.9 Å². The number of amides is 1. The highest BCUT2D eigenvalue weighted by molar-refractivity contribution is 9.11. The Kier molecular flexibility index (Phi) is 6.97. The van der Waals surface area contributed by atoms with E-state index in [2.05, 4.69) is 41.9 Å². The molecule has 5 nitrogen and oxygen atoms in total. The van der Waals surface area contributed by atoms with Gasteiger partial charge in [0, 0.05) is 15.5 Å². The summed E-state index contributed by atoms with van der Waals surface area (Å²) in [5.74, 6) is -0.374. The van der Waals surface area contributed by atoms with E-state index in [0.29, 0.717) is 21.9 Å². The minimum atomic E-state index is -3.77. The van der Waals surface area contributed by atoms with Crippen LogP contribution in [0, 0.1) is 0 Å². The zero-order valence-electron chi connectivity index (χ0n) is 12.6. The standard InChI is InChI=1S/C16H16Br2N2O3S/c17-13-6-7-14(18)15(10-13)24(22,23)20-11-16(21)19-9-8-12-4-2-1-3-5-12/h1-7,10,20H,8-9,11H2,(H,19,21). The lowest BCUT2D eigenvalue weighted by Crippen LogP contribution is -2.37. The van der Waals surface area contributed by atoms with Crippen molar-refractivity contribution in [3.05, 3.63) is 63.0 Å². The van der Waals surface area contributed by atoms with E-state index in [9.17, 15) is 13.2 Å². The topological polar surface area (TPSA) is 75.3 Å². The van der Waals surface area contributed by atoms with Gasteiger partial charge in [0.15, 0.2) is 0 Å². The molecule has 1 amide bonds. The minimum Gasteiger partial charge on any atom is -0.355 e. The maximum absolute atomic E-state index is 12.3. The molecule has 2 aromatic carbocycles. The molecule has 0 aromatic heterocycles. The van der Waals surface area contributed by atoms with E-state index in [1.807, 2.05) is 30.3 Å². The fraction of sp³-hybridized carbons (Fsp3) is 0.188. The molecular weight excluding hydrogens is 460 g/mol. The molecule has 0 fully saturated rings. The number of hydrogen-bond acceptors (Lipinski definition) is 3. The molecule has 8 heteroatoms. The van der Waals surface area contributed by atoms with Crippen molar-refractivity contribution in [2.45, 2.75) is 11.3 Å². The van der Waals surface area contributed by atoms with E-state index in [1.165, 1.54) is 6.07 Å². The van der Waals surface area contributed by atoms with Gasteiger partial charge in [0.25, 0.3) is 0 Å². The summed E-state index contributed by atoms with van der Waals surface area (Å²) in [4.78, 5) is 11.9. The first-order chi connectivity index (χ1) is 11.4. The maximum Gasteiger partial charge on any atom is 0.242 e. The van der Waals surface area contributed by atoms with Crippen molar-refractivity contribution in [1.82, 2.24) is 10.0 Å². The van der Waals surface area contributed by atoms with Gasteiger partial charge in [0.1, 0.15) is 0 Å². The monoisotopic (exact) mass is 474 g/mol. The largest absolute Gasteiger partial charge is 0.355 e. The quantitative estimate of drug-likeness (QED) is 0.646. The van der Waals surface area contributed by atoms with Crippen LogP contribution < -0.4 is 10.0 Å². The third-order valence-corrected chi connectivity index (χ3v) is 6.07. The Bertz CT molecular complexity index is 811. The van der Waals surface area contributed by atoms with E-state index in [1.54, 1.807) is 12.1 Å². The van der Waals surface area contributed by atoms with Crippen molar-refractivity contribution in [2.75, 3.05) is 13.1 Å². The third-order valence-electron chi connectivity index (χ3n) is 3.18. The minimum absolute atomic E-state index is 0.0777. The Hall–Kier alpha value is -1.22. The van der Waals surface area contributed by atoms with Crippen LogP contribution in [0.15, 0.2) is 62.4 Å². The lowest BCUT2D eigenvalue weighted by molar-refractivity contribution is -0.119. The van der Waals surface area contributed by atoms with E-state index in [-0.39, 0.29) is 17.3 Å². The van der Waals surface area contributed by atoms with Crippen LogP contribution in [-0.4, -0.2) is 27.4 Å². The number of rotatable bonds is 7. The highest BCUT2D eigenvalue weighted by Crippen LogP contribution is 2.25. The first-order valence-corrected chi connectivity index (χ1v) is 10.2. The number of benzene rings is 2. The van der Waals surface area contributed by atoms with Gasteiger partial charge in [-0.2, -0.15) is 0 Å². The third kappa shape index (κ3) is 5.70. The summed E-state index contributed by atoms with van der Waals surface area (Å²) >= 11 is 6.43. The first-order valence-electron chi connectivity index (χ1n) is 7.14. The second-order valence-corrected chi connectivity index (χ2v) is 8.49. The number of nitrogens with one attached hydrogen (secondary N) is 2. The van der Waals surface area contributed by atoms with Gasteiger partial charge in [0.05, 0.1) is 11.4 Å². The summed E-state index contributed by atoms with van der Waals surface area (Å²) in [6.45, 7) is 0.140. The van der Waals surface area contributed by atoms with Gasteiger partial charge in [-0.3, -0.25) is 4.79 Å². The van der Waals surface area contributed by atoms with Crippen molar-refractivity contribution in [3.63, 3.8) is 0 Å². The predicted molar refractivity (Wildman–Crippen MR) is 100 cm³/mol. The molecule has 0 saturated heterocycles. The second kappa shape index (κ2) is 8.75. The molecule has 0 saturated carbocycles. The van der Waals surface area contributed by atoms with E-state index < -0.39 is 10.0 Å². The van der Waals surface area contributed by atoms with Gasteiger partial charge < -0.3 is 5.32 Å². The molecule has 0 aliphatic carbocycles. The highest BCUT2D eigenvalue weighted by Gasteiger charge is 2.18. The van der Waals surface area contributed by atoms with E-state index >= 15 is 0 Å². The van der Waals surface area contributed by atoms with Crippen LogP contribution in [-0.2, 0) is 21.2 Å². The number of carbonyl (C=O) groups excluding carboxylic acids is 1. The van der Waals surface area contributed by atoms with Crippen molar-refractivity contribution >= 4 is 47.8 Å². The Morgan fingerprint density at radius 3 is 2.46 bits per heavy atom. The highest BCUT2D eigenvalue weighted by atomic mass is 79.9. The van der Waals surface area contributed by atoms with Crippen molar-refractivity contribution in [1.29, 1.82) is 0 Å². The Morgan fingerprint density at radius 1 is 1.04 bits per heavy atom. The van der Waals surface area contributed by atoms with Crippen LogP contribution in [0.1, 0.15) is 5.56 Å². The summed E-state index contributed by atoms with van der Waals surface area (Å²) in [5.41, 5.74) is 1.11. The molecule has 2 N–H and O–H groups in total. The SMILES string of the molecule is O=C(CNS(=O)(=O)c1cc(Br)ccc1Br)NCCc1ccccc1. The van der Waals surface area contributed by atoms with Gasteiger partial charge in [-0.05, 0) is 46.1 Å². The average molecular weight is 476 g/mol. The maximum atomic E-state index is 12.3. The normalized spacial score (nSPS) is 11.2. The molecule has 128 valence electrons. The fourth-order valence-electron chi connectivity index (χ4n) is 1.97. The first kappa shape index (κ1) is 19.1. The lowest BCUT2D eigenvalue weighted by atomic mass is 10.1. The number of halogens is 2. The molecule has 0 atom stereocenters. The summed E-state index contributed by atoms with van der Waals surface area (Å²) < 4.78 is 27.9. The van der Waals surface area contributed by atoms with Gasteiger partial charge in [0.2, 0.25) is 15.9 Å². The Morgan fingerprint density at radius 2 is 1.75 bits per heavy atom. The van der Waals surface area contributed by atoms with Gasteiger partial charge in [-0.1, -0.05) is 46.3 Å². The molecular formula is C16H16Br2N2O3S. The smallest absolute Gasteiger partial charge is 0.242 e. The van der Waals surface area contributed by atoms with Crippen molar-refractivity contribution in [3.8, 4) is 0 Å². The fourth-order valence-corrected chi connectivity index (χ4v) is 4.46. The second-order valence-electron chi connectivity index (χ2n) is 4.98. The molecule has 0 aliphatic heterocycles. The summed E-state index contributed by atoms with van der Waals surface area (Å²) in [5, 5.41) is 2.69. The van der Waals surface area contributed by atoms with Gasteiger partial charge >= 0.3 is 0 Å².